The first-order chi connectivity index (χ1) is 15.7. The van der Waals surface area contributed by atoms with E-state index in [1.807, 2.05) is 6.07 Å². The van der Waals surface area contributed by atoms with Crippen LogP contribution < -0.4 is 10.3 Å². The van der Waals surface area contributed by atoms with Crippen molar-refractivity contribution in [2.45, 2.75) is 45.6 Å². The highest BCUT2D eigenvalue weighted by Crippen LogP contribution is 2.61. The van der Waals surface area contributed by atoms with Gasteiger partial charge in [-0.2, -0.15) is 5.10 Å². The van der Waals surface area contributed by atoms with Crippen molar-refractivity contribution in [1.29, 1.82) is 0 Å². The predicted molar refractivity (Wildman–Crippen MR) is 127 cm³/mol. The number of nitrogens with one attached hydrogen (secondary N) is 1. The molecule has 2 heterocycles. The van der Waals surface area contributed by atoms with Gasteiger partial charge < -0.3 is 5.32 Å². The molecule has 7 rings (SSSR count). The number of amides is 1. The van der Waals surface area contributed by atoms with E-state index in [9.17, 15) is 13.6 Å². The third kappa shape index (κ3) is 3.26. The SMILES string of the molecule is CC1(C)C2CCC(CNC(=O)C3=NN(c4ccc(F)cc4F)C4c5cc(Cl)sc5CC34)C1C2. The molecule has 0 saturated heterocycles. The standard InChI is InChI=1S/C25H26ClF2N3OS/c1-25(2)13-4-3-12(17(25)7-13)11-29-24(32)22-16-9-20-15(10-21(26)33-20)23(16)31(30-22)19-6-5-14(27)8-18(19)28/h5-6,8,10,12-13,16-17,23H,3-4,7,9,11H2,1-2H3,(H,29,32). The number of halogens is 3. The van der Waals surface area contributed by atoms with Gasteiger partial charge in [0.1, 0.15) is 11.5 Å². The minimum absolute atomic E-state index is 0.166. The molecule has 0 radical (unpaired) electrons. The molecule has 5 atom stereocenters. The van der Waals surface area contributed by atoms with Gasteiger partial charge in [0.05, 0.1) is 16.1 Å². The molecule has 4 aliphatic carbocycles. The highest BCUT2D eigenvalue weighted by molar-refractivity contribution is 7.16. The van der Waals surface area contributed by atoms with Crippen molar-refractivity contribution in [3.8, 4) is 0 Å². The second-order valence-corrected chi connectivity index (χ2v) is 12.3. The lowest BCUT2D eigenvalue weighted by molar-refractivity contribution is -0.119. The summed E-state index contributed by atoms with van der Waals surface area (Å²) in [5.74, 6) is 0.255. The normalized spacial score (nSPS) is 31.0. The van der Waals surface area contributed by atoms with E-state index in [0.29, 0.717) is 40.3 Å². The lowest BCUT2D eigenvalue weighted by atomic mass is 9.45. The average Bonchev–Trinajstić information content (AvgIpc) is 3.41. The molecule has 8 heteroatoms. The Morgan fingerprint density at radius 3 is 2.85 bits per heavy atom. The van der Waals surface area contributed by atoms with Crippen molar-refractivity contribution >= 4 is 40.2 Å². The van der Waals surface area contributed by atoms with Gasteiger partial charge in [-0.15, -0.1) is 11.3 Å². The van der Waals surface area contributed by atoms with Crippen molar-refractivity contribution in [2.24, 2.45) is 34.2 Å². The molecule has 5 aliphatic rings. The average molecular weight is 490 g/mol. The maximum Gasteiger partial charge on any atom is 0.267 e. The second-order valence-electron chi connectivity index (χ2n) is 10.5. The molecule has 2 aromatic rings. The van der Waals surface area contributed by atoms with E-state index in [1.165, 1.54) is 36.3 Å². The Kier molecular flexibility index (Phi) is 4.90. The first-order valence-corrected chi connectivity index (χ1v) is 12.8. The zero-order valence-electron chi connectivity index (χ0n) is 18.6. The predicted octanol–water partition coefficient (Wildman–Crippen LogP) is 5.96. The van der Waals surface area contributed by atoms with Crippen LogP contribution in [0, 0.1) is 40.7 Å². The molecule has 33 heavy (non-hydrogen) atoms. The highest BCUT2D eigenvalue weighted by Gasteiger charge is 2.54. The van der Waals surface area contributed by atoms with Gasteiger partial charge in [-0.1, -0.05) is 25.4 Å². The number of benzene rings is 1. The molecule has 1 aliphatic heterocycles. The summed E-state index contributed by atoms with van der Waals surface area (Å²) in [4.78, 5) is 14.4. The third-order valence-corrected chi connectivity index (χ3v) is 9.96. The Morgan fingerprint density at radius 1 is 1.30 bits per heavy atom. The fourth-order valence-corrected chi connectivity index (χ4v) is 8.13. The number of thiophene rings is 1. The smallest absolute Gasteiger partial charge is 0.267 e. The minimum Gasteiger partial charge on any atom is -0.351 e. The highest BCUT2D eigenvalue weighted by atomic mass is 35.5. The maximum absolute atomic E-state index is 14.7. The Morgan fingerprint density at radius 2 is 2.12 bits per heavy atom. The van der Waals surface area contributed by atoms with E-state index >= 15 is 0 Å². The number of hydrogen-bond acceptors (Lipinski definition) is 4. The quantitative estimate of drug-likeness (QED) is 0.576. The summed E-state index contributed by atoms with van der Waals surface area (Å²) in [7, 11) is 0. The van der Waals surface area contributed by atoms with Crippen LogP contribution in [-0.4, -0.2) is 18.2 Å². The van der Waals surface area contributed by atoms with Gasteiger partial charge in [-0.25, -0.2) is 8.78 Å². The van der Waals surface area contributed by atoms with Crippen LogP contribution in [0.25, 0.3) is 0 Å². The van der Waals surface area contributed by atoms with Crippen LogP contribution in [0.2, 0.25) is 4.34 Å². The van der Waals surface area contributed by atoms with E-state index in [1.54, 1.807) is 5.01 Å². The van der Waals surface area contributed by atoms with Crippen molar-refractivity contribution in [3.63, 3.8) is 0 Å². The van der Waals surface area contributed by atoms with Gasteiger partial charge in [0.2, 0.25) is 0 Å². The van der Waals surface area contributed by atoms with Crippen molar-refractivity contribution < 1.29 is 13.6 Å². The van der Waals surface area contributed by atoms with Gasteiger partial charge in [-0.05, 0) is 72.6 Å². The van der Waals surface area contributed by atoms with Crippen LogP contribution in [0.3, 0.4) is 0 Å². The minimum atomic E-state index is -0.696. The number of hydrazone groups is 1. The molecule has 5 unspecified atom stereocenters. The Hall–Kier alpha value is -1.99. The summed E-state index contributed by atoms with van der Waals surface area (Å²) in [6, 6.07) is 5.02. The molecule has 1 aromatic carbocycles. The molecule has 174 valence electrons. The van der Waals surface area contributed by atoms with Crippen molar-refractivity contribution in [2.75, 3.05) is 11.6 Å². The number of fused-ring (bicyclic) bond motifs is 5. The van der Waals surface area contributed by atoms with Crippen LogP contribution in [0.5, 0.6) is 0 Å². The van der Waals surface area contributed by atoms with Crippen LogP contribution in [0.4, 0.5) is 14.5 Å². The fraction of sp³-hybridized carbons (Fsp3) is 0.520. The van der Waals surface area contributed by atoms with Crippen molar-refractivity contribution in [3.05, 3.63) is 50.7 Å². The number of carbonyl (C=O) groups is 1. The summed E-state index contributed by atoms with van der Waals surface area (Å²) in [6.45, 7) is 5.35. The third-order valence-electron chi connectivity index (χ3n) is 8.66. The van der Waals surface area contributed by atoms with Crippen molar-refractivity contribution in [1.82, 2.24) is 5.32 Å². The van der Waals surface area contributed by atoms with E-state index in [4.69, 9.17) is 11.6 Å². The number of hydrogen-bond donors (Lipinski definition) is 1. The van der Waals surface area contributed by atoms with E-state index in [-0.39, 0.29) is 23.6 Å². The van der Waals surface area contributed by atoms with Gasteiger partial charge in [0.25, 0.3) is 5.91 Å². The zero-order chi connectivity index (χ0) is 23.1. The van der Waals surface area contributed by atoms with Gasteiger partial charge in [0.15, 0.2) is 5.82 Å². The molecule has 0 spiro atoms. The Labute approximate surface area is 201 Å². The molecule has 2 bridgehead atoms. The van der Waals surface area contributed by atoms with E-state index in [2.05, 4.69) is 24.3 Å². The molecular weight excluding hydrogens is 464 g/mol. The number of anilines is 1. The summed E-state index contributed by atoms with van der Waals surface area (Å²) in [5.41, 5.74) is 1.92. The molecule has 3 saturated carbocycles. The van der Waals surface area contributed by atoms with Crippen LogP contribution in [0.1, 0.15) is 49.6 Å². The summed E-state index contributed by atoms with van der Waals surface area (Å²) in [6.07, 6.45) is 4.29. The van der Waals surface area contributed by atoms with Crippen LogP contribution >= 0.6 is 22.9 Å². The van der Waals surface area contributed by atoms with Gasteiger partial charge in [0, 0.05) is 23.4 Å². The van der Waals surface area contributed by atoms with Gasteiger partial charge in [-0.3, -0.25) is 9.80 Å². The lowest BCUT2D eigenvalue weighted by Crippen LogP contribution is -2.55. The largest absolute Gasteiger partial charge is 0.351 e. The summed E-state index contributed by atoms with van der Waals surface area (Å²) >= 11 is 7.74. The summed E-state index contributed by atoms with van der Waals surface area (Å²) < 4.78 is 28.9. The zero-order valence-corrected chi connectivity index (χ0v) is 20.1. The first-order valence-electron chi connectivity index (χ1n) is 11.6. The van der Waals surface area contributed by atoms with Crippen LogP contribution in [-0.2, 0) is 11.2 Å². The molecule has 1 aromatic heterocycles. The fourth-order valence-electron chi connectivity index (χ4n) is 6.75. The molecule has 4 nitrogen and oxygen atoms in total. The molecular formula is C25H26ClF2N3OS. The monoisotopic (exact) mass is 489 g/mol. The second kappa shape index (κ2) is 7.51. The molecule has 1 amide bonds. The van der Waals surface area contributed by atoms with Crippen LogP contribution in [0.15, 0.2) is 29.4 Å². The maximum atomic E-state index is 14.7. The molecule has 1 N–H and O–H groups in total. The number of nitrogens with zero attached hydrogens (tertiary/aromatic N) is 2. The topological polar surface area (TPSA) is 44.7 Å². The number of carbonyl (C=O) groups excluding carboxylic acids is 1. The van der Waals surface area contributed by atoms with E-state index < -0.39 is 11.6 Å². The van der Waals surface area contributed by atoms with E-state index in [0.717, 1.165) is 28.8 Å². The number of rotatable bonds is 4. The lowest BCUT2D eigenvalue weighted by Gasteiger charge is -2.60. The molecule has 3 fully saturated rings. The Bertz CT molecular complexity index is 1180. The van der Waals surface area contributed by atoms with Gasteiger partial charge >= 0.3 is 0 Å². The Balaban J connectivity index is 1.26. The summed E-state index contributed by atoms with van der Waals surface area (Å²) in [5, 5.41) is 9.30. The first kappa shape index (κ1) is 21.5.